The van der Waals surface area contributed by atoms with Gasteiger partial charge in [-0.3, -0.25) is 9.80 Å². The zero-order valence-corrected chi connectivity index (χ0v) is 9.55. The van der Waals surface area contributed by atoms with Gasteiger partial charge in [0.1, 0.15) is 0 Å². The van der Waals surface area contributed by atoms with Crippen molar-refractivity contribution < 1.29 is 4.79 Å². The summed E-state index contributed by atoms with van der Waals surface area (Å²) in [6.45, 7) is 8.37. The first-order valence-corrected chi connectivity index (χ1v) is 5.44. The number of nitrogens with one attached hydrogen (secondary N) is 1. The van der Waals surface area contributed by atoms with E-state index in [1.807, 2.05) is 5.01 Å². The SMILES string of the molecule is CC1(C2CC2)CC(=O)N(C(C)(C)C)N1. The summed E-state index contributed by atoms with van der Waals surface area (Å²) in [6, 6.07) is 0. The van der Waals surface area contributed by atoms with Crippen LogP contribution in [-0.2, 0) is 4.79 Å². The lowest BCUT2D eigenvalue weighted by atomic mass is 9.94. The largest absolute Gasteiger partial charge is 0.273 e. The average Bonchev–Trinajstić information content (AvgIpc) is 2.77. The molecule has 80 valence electrons. The summed E-state index contributed by atoms with van der Waals surface area (Å²) in [4.78, 5) is 11.8. The van der Waals surface area contributed by atoms with Crippen molar-refractivity contribution in [1.82, 2.24) is 10.4 Å². The molecule has 0 radical (unpaired) electrons. The van der Waals surface area contributed by atoms with Gasteiger partial charge in [-0.15, -0.1) is 0 Å². The Bertz CT molecular complexity index is 265. The Balaban J connectivity index is 2.14. The molecule has 2 rings (SSSR count). The van der Waals surface area contributed by atoms with E-state index in [0.29, 0.717) is 12.3 Å². The van der Waals surface area contributed by atoms with Crippen molar-refractivity contribution in [3.8, 4) is 0 Å². The number of nitrogens with zero attached hydrogens (tertiary/aromatic N) is 1. The van der Waals surface area contributed by atoms with Crippen LogP contribution in [0.5, 0.6) is 0 Å². The van der Waals surface area contributed by atoms with Gasteiger partial charge in [-0.05, 0) is 46.5 Å². The van der Waals surface area contributed by atoms with Gasteiger partial charge >= 0.3 is 0 Å². The van der Waals surface area contributed by atoms with Crippen molar-refractivity contribution in [3.05, 3.63) is 0 Å². The van der Waals surface area contributed by atoms with E-state index in [1.54, 1.807) is 0 Å². The lowest BCUT2D eigenvalue weighted by Crippen LogP contribution is -2.53. The van der Waals surface area contributed by atoms with Crippen LogP contribution < -0.4 is 5.43 Å². The Hall–Kier alpha value is -0.570. The van der Waals surface area contributed by atoms with Crippen LogP contribution >= 0.6 is 0 Å². The molecule has 0 spiro atoms. The summed E-state index contributed by atoms with van der Waals surface area (Å²) >= 11 is 0. The Morgan fingerprint density at radius 1 is 1.43 bits per heavy atom. The molecule has 1 atom stereocenters. The summed E-state index contributed by atoms with van der Waals surface area (Å²) in [7, 11) is 0. The van der Waals surface area contributed by atoms with Gasteiger partial charge in [0.25, 0.3) is 0 Å². The third kappa shape index (κ3) is 1.54. The number of hydrogen-bond donors (Lipinski definition) is 1. The van der Waals surface area contributed by atoms with Crippen LogP contribution in [-0.4, -0.2) is 22.0 Å². The van der Waals surface area contributed by atoms with E-state index in [1.165, 1.54) is 12.8 Å². The van der Waals surface area contributed by atoms with Gasteiger partial charge in [0, 0.05) is 12.0 Å². The van der Waals surface area contributed by atoms with Crippen molar-refractivity contribution >= 4 is 5.91 Å². The molecule has 2 aliphatic rings. The van der Waals surface area contributed by atoms with Gasteiger partial charge < -0.3 is 0 Å². The molecule has 3 heteroatoms. The Kier molecular flexibility index (Phi) is 1.94. The molecule has 1 unspecified atom stereocenters. The molecule has 0 aromatic rings. The quantitative estimate of drug-likeness (QED) is 0.692. The average molecular weight is 196 g/mol. The van der Waals surface area contributed by atoms with Crippen molar-refractivity contribution in [2.45, 2.75) is 58.0 Å². The van der Waals surface area contributed by atoms with Crippen LogP contribution in [0, 0.1) is 5.92 Å². The van der Waals surface area contributed by atoms with Gasteiger partial charge in [0.15, 0.2) is 0 Å². The summed E-state index contributed by atoms with van der Waals surface area (Å²) in [5.74, 6) is 0.950. The fraction of sp³-hybridized carbons (Fsp3) is 0.909. The predicted molar refractivity (Wildman–Crippen MR) is 55.5 cm³/mol. The van der Waals surface area contributed by atoms with Crippen molar-refractivity contribution in [2.24, 2.45) is 5.92 Å². The Morgan fingerprint density at radius 2 is 2.00 bits per heavy atom. The molecule has 1 aliphatic carbocycles. The van der Waals surface area contributed by atoms with E-state index in [-0.39, 0.29) is 17.0 Å². The summed E-state index contributed by atoms with van der Waals surface area (Å²) < 4.78 is 0. The van der Waals surface area contributed by atoms with Crippen molar-refractivity contribution in [2.75, 3.05) is 0 Å². The molecule has 0 aromatic carbocycles. The maximum absolute atomic E-state index is 11.8. The van der Waals surface area contributed by atoms with Crippen LogP contribution in [0.25, 0.3) is 0 Å². The standard InChI is InChI=1S/C11H20N2O/c1-10(2,3)13-9(14)7-11(4,12-13)8-5-6-8/h8,12H,5-7H2,1-4H3. The number of rotatable bonds is 1. The zero-order chi connectivity index (χ0) is 10.6. The second kappa shape index (κ2) is 2.72. The van der Waals surface area contributed by atoms with Crippen LogP contribution in [0.4, 0.5) is 0 Å². The Morgan fingerprint density at radius 3 is 2.36 bits per heavy atom. The van der Waals surface area contributed by atoms with E-state index < -0.39 is 0 Å². The lowest BCUT2D eigenvalue weighted by Gasteiger charge is -2.34. The first-order valence-electron chi connectivity index (χ1n) is 5.44. The highest BCUT2D eigenvalue weighted by Gasteiger charge is 2.51. The molecule has 1 saturated carbocycles. The molecular formula is C11H20N2O. The first-order chi connectivity index (χ1) is 6.33. The minimum Gasteiger partial charge on any atom is -0.273 e. The minimum atomic E-state index is -0.107. The molecule has 2 fully saturated rings. The topological polar surface area (TPSA) is 32.3 Å². The molecule has 0 bridgehead atoms. The molecule has 14 heavy (non-hydrogen) atoms. The van der Waals surface area contributed by atoms with Gasteiger partial charge in [-0.2, -0.15) is 0 Å². The van der Waals surface area contributed by atoms with E-state index >= 15 is 0 Å². The highest BCUT2D eigenvalue weighted by atomic mass is 16.2. The third-order valence-corrected chi connectivity index (χ3v) is 3.28. The summed E-state index contributed by atoms with van der Waals surface area (Å²) in [5, 5.41) is 1.81. The monoisotopic (exact) mass is 196 g/mol. The van der Waals surface area contributed by atoms with E-state index in [9.17, 15) is 4.79 Å². The smallest absolute Gasteiger partial charge is 0.239 e. The van der Waals surface area contributed by atoms with E-state index in [2.05, 4.69) is 33.1 Å². The van der Waals surface area contributed by atoms with E-state index in [0.717, 1.165) is 0 Å². The van der Waals surface area contributed by atoms with Crippen molar-refractivity contribution in [3.63, 3.8) is 0 Å². The third-order valence-electron chi connectivity index (χ3n) is 3.28. The minimum absolute atomic E-state index is 0.0321. The molecule has 0 aromatic heterocycles. The number of carbonyl (C=O) groups excluding carboxylic acids is 1. The lowest BCUT2D eigenvalue weighted by molar-refractivity contribution is -0.134. The van der Waals surface area contributed by atoms with Gasteiger partial charge in [0.2, 0.25) is 5.91 Å². The fourth-order valence-corrected chi connectivity index (χ4v) is 2.25. The first kappa shape index (κ1) is 9.97. The maximum Gasteiger partial charge on any atom is 0.239 e. The van der Waals surface area contributed by atoms with Gasteiger partial charge in [0.05, 0.1) is 5.54 Å². The second-order valence-electron chi connectivity index (χ2n) is 5.88. The zero-order valence-electron chi connectivity index (χ0n) is 9.55. The molecular weight excluding hydrogens is 176 g/mol. The number of hydrazine groups is 1. The highest BCUT2D eigenvalue weighted by molar-refractivity contribution is 5.80. The molecule has 3 nitrogen and oxygen atoms in total. The van der Waals surface area contributed by atoms with Crippen LogP contribution in [0.15, 0.2) is 0 Å². The predicted octanol–water partition coefficient (Wildman–Crippen LogP) is 1.69. The number of amides is 1. The fourth-order valence-electron chi connectivity index (χ4n) is 2.25. The molecule has 1 N–H and O–H groups in total. The summed E-state index contributed by atoms with van der Waals surface area (Å²) in [6.07, 6.45) is 3.21. The van der Waals surface area contributed by atoms with Crippen LogP contribution in [0.3, 0.4) is 0 Å². The van der Waals surface area contributed by atoms with Crippen molar-refractivity contribution in [1.29, 1.82) is 0 Å². The normalized spacial score (nSPS) is 34.0. The van der Waals surface area contributed by atoms with Crippen LogP contribution in [0.2, 0.25) is 0 Å². The maximum atomic E-state index is 11.8. The molecule has 1 amide bonds. The molecule has 1 heterocycles. The number of carbonyl (C=O) groups is 1. The highest BCUT2D eigenvalue weighted by Crippen LogP contribution is 2.44. The molecule has 1 saturated heterocycles. The van der Waals surface area contributed by atoms with E-state index in [4.69, 9.17) is 0 Å². The second-order valence-corrected chi connectivity index (χ2v) is 5.88. The van der Waals surface area contributed by atoms with Gasteiger partial charge in [-0.25, -0.2) is 5.43 Å². The van der Waals surface area contributed by atoms with Crippen LogP contribution in [0.1, 0.15) is 47.0 Å². The van der Waals surface area contributed by atoms with Gasteiger partial charge in [-0.1, -0.05) is 0 Å². The number of hydrogen-bond acceptors (Lipinski definition) is 2. The molecule has 1 aliphatic heterocycles. The summed E-state index contributed by atoms with van der Waals surface area (Å²) in [5.41, 5.74) is 3.33. The Labute approximate surface area is 85.8 Å².